The minimum absolute atomic E-state index is 0.0730. The number of benzene rings is 2. The van der Waals surface area contributed by atoms with Crippen molar-refractivity contribution in [2.24, 2.45) is 0 Å². The van der Waals surface area contributed by atoms with Gasteiger partial charge in [-0.2, -0.15) is 17.5 Å². The highest BCUT2D eigenvalue weighted by Crippen LogP contribution is 2.37. The average Bonchev–Trinajstić information content (AvgIpc) is 2.60. The third-order valence-corrected chi connectivity index (χ3v) is 6.08. The number of fused-ring (bicyclic) bond motifs is 1. The second-order valence-corrected chi connectivity index (χ2v) is 8.37. The third-order valence-electron chi connectivity index (χ3n) is 3.96. The Morgan fingerprint density at radius 2 is 1.85 bits per heavy atom. The molecular formula is C17H15ClF3NO4S. The molecule has 0 saturated carbocycles. The molecule has 0 aliphatic carbocycles. The van der Waals surface area contributed by atoms with Crippen LogP contribution < -0.4 is 9.47 Å². The Kier molecular flexibility index (Phi) is 5.29. The van der Waals surface area contributed by atoms with Gasteiger partial charge < -0.3 is 9.47 Å². The maximum atomic E-state index is 13.3. The van der Waals surface area contributed by atoms with E-state index in [-0.39, 0.29) is 18.2 Å². The summed E-state index contributed by atoms with van der Waals surface area (Å²) in [4.78, 5) is -0.862. The number of para-hydroxylation sites is 2. The molecule has 3 rings (SSSR count). The van der Waals surface area contributed by atoms with E-state index in [9.17, 15) is 21.6 Å². The van der Waals surface area contributed by atoms with Gasteiger partial charge in [-0.25, -0.2) is 8.42 Å². The van der Waals surface area contributed by atoms with E-state index in [1.54, 1.807) is 24.3 Å². The molecule has 0 bridgehead atoms. The smallest absolute Gasteiger partial charge is 0.417 e. The number of hydrogen-bond donors (Lipinski definition) is 0. The molecular weight excluding hydrogens is 407 g/mol. The minimum Gasteiger partial charge on any atom is -0.486 e. The van der Waals surface area contributed by atoms with Crippen molar-refractivity contribution < 1.29 is 31.1 Å². The van der Waals surface area contributed by atoms with Gasteiger partial charge in [0, 0.05) is 12.1 Å². The summed E-state index contributed by atoms with van der Waals surface area (Å²) in [6.45, 7) is -0.111. The van der Waals surface area contributed by atoms with Crippen LogP contribution in [0.15, 0.2) is 47.4 Å². The first-order valence-electron chi connectivity index (χ1n) is 7.80. The van der Waals surface area contributed by atoms with Crippen molar-refractivity contribution in [3.05, 3.63) is 53.1 Å². The molecule has 1 aliphatic heterocycles. The van der Waals surface area contributed by atoms with Crippen LogP contribution in [0.25, 0.3) is 0 Å². The van der Waals surface area contributed by atoms with Crippen LogP contribution in [0.3, 0.4) is 0 Å². The van der Waals surface area contributed by atoms with Crippen molar-refractivity contribution in [2.75, 3.05) is 20.2 Å². The molecule has 0 N–H and O–H groups in total. The van der Waals surface area contributed by atoms with Crippen LogP contribution in [0.2, 0.25) is 5.02 Å². The molecule has 27 heavy (non-hydrogen) atoms. The Hall–Kier alpha value is -1.97. The van der Waals surface area contributed by atoms with Gasteiger partial charge in [0.1, 0.15) is 12.7 Å². The van der Waals surface area contributed by atoms with E-state index in [2.05, 4.69) is 0 Å². The maximum Gasteiger partial charge on any atom is 0.417 e. The number of sulfonamides is 1. The molecule has 10 heteroatoms. The molecule has 5 nitrogen and oxygen atoms in total. The number of ether oxygens (including phenoxy) is 2. The second kappa shape index (κ2) is 7.21. The van der Waals surface area contributed by atoms with Crippen molar-refractivity contribution >= 4 is 21.6 Å². The first-order chi connectivity index (χ1) is 12.6. The molecule has 0 amide bonds. The number of halogens is 4. The topological polar surface area (TPSA) is 55.8 Å². The molecule has 1 atom stereocenters. The van der Waals surface area contributed by atoms with Gasteiger partial charge in [-0.15, -0.1) is 0 Å². The second-order valence-electron chi connectivity index (χ2n) is 5.92. The predicted octanol–water partition coefficient (Wildman–Crippen LogP) is 3.82. The largest absolute Gasteiger partial charge is 0.486 e. The Morgan fingerprint density at radius 3 is 2.52 bits per heavy atom. The summed E-state index contributed by atoms with van der Waals surface area (Å²) in [5.41, 5.74) is -1.31. The molecule has 0 saturated heterocycles. The zero-order chi connectivity index (χ0) is 19.8. The van der Waals surface area contributed by atoms with Gasteiger partial charge in [-0.1, -0.05) is 23.7 Å². The number of likely N-dealkylation sites (N-methyl/N-ethyl adjacent to an activating group) is 1. The number of hydrogen-bond acceptors (Lipinski definition) is 4. The first-order valence-corrected chi connectivity index (χ1v) is 9.62. The van der Waals surface area contributed by atoms with Crippen LogP contribution in [-0.4, -0.2) is 39.0 Å². The van der Waals surface area contributed by atoms with Crippen molar-refractivity contribution in [1.29, 1.82) is 0 Å². The van der Waals surface area contributed by atoms with E-state index in [1.165, 1.54) is 7.05 Å². The molecule has 2 aromatic carbocycles. The molecule has 0 radical (unpaired) electrons. The van der Waals surface area contributed by atoms with Gasteiger partial charge in [0.15, 0.2) is 11.5 Å². The predicted molar refractivity (Wildman–Crippen MR) is 92.6 cm³/mol. The van der Waals surface area contributed by atoms with Crippen molar-refractivity contribution in [3.8, 4) is 11.5 Å². The van der Waals surface area contributed by atoms with E-state index in [4.69, 9.17) is 21.1 Å². The maximum absolute atomic E-state index is 13.3. The molecule has 0 fully saturated rings. The van der Waals surface area contributed by atoms with Gasteiger partial charge in [0.05, 0.1) is 17.0 Å². The Bertz CT molecular complexity index is 949. The van der Waals surface area contributed by atoms with Crippen LogP contribution in [-0.2, 0) is 16.2 Å². The van der Waals surface area contributed by atoms with E-state index < -0.39 is 32.8 Å². The van der Waals surface area contributed by atoms with Crippen LogP contribution in [0.4, 0.5) is 13.2 Å². The van der Waals surface area contributed by atoms with E-state index >= 15 is 0 Å². The zero-order valence-electron chi connectivity index (χ0n) is 14.0. The standard InChI is InChI=1S/C17H15ClF3NO4S/c1-22(9-12-10-25-14-4-2-3-5-15(14)26-12)27(23,24)16-7-6-11(18)8-13(16)17(19,20)21/h2-8,12H,9-10H2,1H3. The first kappa shape index (κ1) is 19.8. The summed E-state index contributed by atoms with van der Waals surface area (Å²) in [6, 6.07) is 9.41. The van der Waals surface area contributed by atoms with Gasteiger partial charge in [-0.05, 0) is 30.3 Å². The quantitative estimate of drug-likeness (QED) is 0.753. The molecule has 1 unspecified atom stereocenters. The summed E-state index contributed by atoms with van der Waals surface area (Å²) in [7, 11) is -3.24. The molecule has 1 aliphatic rings. The SMILES string of the molecule is CN(CC1COc2ccccc2O1)S(=O)(=O)c1ccc(Cl)cc1C(F)(F)F. The minimum atomic E-state index is -4.86. The van der Waals surface area contributed by atoms with E-state index in [1.807, 2.05) is 0 Å². The fraction of sp³-hybridized carbons (Fsp3) is 0.294. The van der Waals surface area contributed by atoms with Gasteiger partial charge in [-0.3, -0.25) is 0 Å². The average molecular weight is 422 g/mol. The summed E-state index contributed by atoms with van der Waals surface area (Å²) in [5.74, 6) is 0.971. The molecule has 1 heterocycles. The highest BCUT2D eigenvalue weighted by Gasteiger charge is 2.39. The molecule has 146 valence electrons. The fourth-order valence-electron chi connectivity index (χ4n) is 2.65. The lowest BCUT2D eigenvalue weighted by Crippen LogP contribution is -2.42. The Morgan fingerprint density at radius 1 is 1.19 bits per heavy atom. The van der Waals surface area contributed by atoms with Gasteiger partial charge in [0.2, 0.25) is 10.0 Å². The normalized spacial score (nSPS) is 17.2. The monoisotopic (exact) mass is 421 g/mol. The van der Waals surface area contributed by atoms with Crippen LogP contribution in [0.1, 0.15) is 5.56 Å². The molecule has 2 aromatic rings. The number of rotatable bonds is 4. The highest BCUT2D eigenvalue weighted by molar-refractivity contribution is 7.89. The number of alkyl halides is 3. The van der Waals surface area contributed by atoms with Gasteiger partial charge >= 0.3 is 6.18 Å². The van der Waals surface area contributed by atoms with Crippen LogP contribution >= 0.6 is 11.6 Å². The lowest BCUT2D eigenvalue weighted by atomic mass is 10.2. The Labute approximate surface area is 159 Å². The Balaban J connectivity index is 1.84. The number of nitrogens with zero attached hydrogens (tertiary/aromatic N) is 1. The van der Waals surface area contributed by atoms with Gasteiger partial charge in [0.25, 0.3) is 0 Å². The van der Waals surface area contributed by atoms with E-state index in [0.29, 0.717) is 17.6 Å². The van der Waals surface area contributed by atoms with Crippen molar-refractivity contribution in [1.82, 2.24) is 4.31 Å². The van der Waals surface area contributed by atoms with E-state index in [0.717, 1.165) is 16.4 Å². The fourth-order valence-corrected chi connectivity index (χ4v) is 4.22. The van der Waals surface area contributed by atoms with Crippen molar-refractivity contribution in [3.63, 3.8) is 0 Å². The molecule has 0 spiro atoms. The summed E-state index contributed by atoms with van der Waals surface area (Å²) in [6.07, 6.45) is -5.53. The zero-order valence-corrected chi connectivity index (χ0v) is 15.6. The van der Waals surface area contributed by atoms with Crippen LogP contribution in [0, 0.1) is 0 Å². The summed E-state index contributed by atoms with van der Waals surface area (Å²) >= 11 is 5.61. The summed E-state index contributed by atoms with van der Waals surface area (Å²) in [5, 5.41) is -0.204. The molecule has 0 aromatic heterocycles. The lowest BCUT2D eigenvalue weighted by molar-refractivity contribution is -0.139. The third kappa shape index (κ3) is 4.15. The highest BCUT2D eigenvalue weighted by atomic mass is 35.5. The summed E-state index contributed by atoms with van der Waals surface area (Å²) < 4.78 is 77.2. The van der Waals surface area contributed by atoms with Crippen LogP contribution in [0.5, 0.6) is 11.5 Å². The van der Waals surface area contributed by atoms with Crippen molar-refractivity contribution in [2.45, 2.75) is 17.2 Å². The lowest BCUT2D eigenvalue weighted by Gasteiger charge is -2.29.